The largest absolute Gasteiger partial charge is 0.396 e. The first kappa shape index (κ1) is 18.4. The third-order valence-corrected chi connectivity index (χ3v) is 4.38. The zero-order valence-electron chi connectivity index (χ0n) is 14.1. The third-order valence-electron chi connectivity index (χ3n) is 4.38. The van der Waals surface area contributed by atoms with Crippen LogP contribution in [0, 0.1) is 5.92 Å². The summed E-state index contributed by atoms with van der Waals surface area (Å²) in [5.74, 6) is 0.873. The minimum Gasteiger partial charge on any atom is -0.396 e. The summed E-state index contributed by atoms with van der Waals surface area (Å²) in [6.45, 7) is 8.26. The van der Waals surface area contributed by atoms with Crippen LogP contribution in [0.25, 0.3) is 0 Å². The molecule has 1 heterocycles. The minimum absolute atomic E-state index is 0.136. The molecular formula is C17H34N2O2. The SMILES string of the molecule is CC(C)CCCC(C)NC(=O)CN1CCCCC1CCO. The number of aliphatic hydroxyl groups is 1. The van der Waals surface area contributed by atoms with Gasteiger partial charge in [0.2, 0.25) is 5.91 Å². The molecule has 0 radical (unpaired) electrons. The van der Waals surface area contributed by atoms with Gasteiger partial charge in [0.15, 0.2) is 0 Å². The Hall–Kier alpha value is -0.610. The van der Waals surface area contributed by atoms with Crippen LogP contribution < -0.4 is 5.32 Å². The number of hydrogen-bond donors (Lipinski definition) is 2. The van der Waals surface area contributed by atoms with Gasteiger partial charge in [-0.1, -0.05) is 33.1 Å². The molecule has 0 aliphatic carbocycles. The summed E-state index contributed by atoms with van der Waals surface area (Å²) in [4.78, 5) is 14.4. The van der Waals surface area contributed by atoms with E-state index in [9.17, 15) is 4.79 Å². The Morgan fingerprint density at radius 2 is 2.05 bits per heavy atom. The number of hydrogen-bond acceptors (Lipinski definition) is 3. The van der Waals surface area contributed by atoms with E-state index in [0.717, 1.165) is 31.7 Å². The molecule has 1 saturated heterocycles. The molecule has 0 spiro atoms. The van der Waals surface area contributed by atoms with Gasteiger partial charge in [0.1, 0.15) is 0 Å². The number of rotatable bonds is 9. The topological polar surface area (TPSA) is 52.6 Å². The maximum Gasteiger partial charge on any atom is 0.234 e. The van der Waals surface area contributed by atoms with Crippen LogP contribution in [0.5, 0.6) is 0 Å². The van der Waals surface area contributed by atoms with Crippen molar-refractivity contribution in [2.45, 2.75) is 77.8 Å². The average Bonchev–Trinajstić information content (AvgIpc) is 2.40. The second-order valence-electron chi connectivity index (χ2n) is 6.93. The van der Waals surface area contributed by atoms with Crippen LogP contribution in [-0.2, 0) is 4.79 Å². The summed E-state index contributed by atoms with van der Waals surface area (Å²) in [6, 6.07) is 0.642. The van der Waals surface area contributed by atoms with Gasteiger partial charge in [-0.25, -0.2) is 0 Å². The quantitative estimate of drug-likeness (QED) is 0.688. The van der Waals surface area contributed by atoms with E-state index in [1.54, 1.807) is 0 Å². The number of nitrogens with zero attached hydrogens (tertiary/aromatic N) is 1. The van der Waals surface area contributed by atoms with Crippen LogP contribution in [0.2, 0.25) is 0 Å². The van der Waals surface area contributed by atoms with Gasteiger partial charge in [0.25, 0.3) is 0 Å². The number of aliphatic hydroxyl groups excluding tert-OH is 1. The first-order chi connectivity index (χ1) is 10.0. The summed E-state index contributed by atoms with van der Waals surface area (Å²) < 4.78 is 0. The molecule has 2 atom stereocenters. The van der Waals surface area contributed by atoms with Gasteiger partial charge in [-0.2, -0.15) is 0 Å². The maximum atomic E-state index is 12.2. The molecule has 124 valence electrons. The molecule has 0 saturated carbocycles. The predicted molar refractivity (Wildman–Crippen MR) is 87.2 cm³/mol. The fourth-order valence-electron chi connectivity index (χ4n) is 3.15. The Bertz CT molecular complexity index is 293. The highest BCUT2D eigenvalue weighted by molar-refractivity contribution is 5.78. The van der Waals surface area contributed by atoms with Crippen molar-refractivity contribution in [2.24, 2.45) is 5.92 Å². The monoisotopic (exact) mass is 298 g/mol. The van der Waals surface area contributed by atoms with Crippen LogP contribution in [0.15, 0.2) is 0 Å². The highest BCUT2D eigenvalue weighted by Gasteiger charge is 2.24. The number of piperidine rings is 1. The smallest absolute Gasteiger partial charge is 0.234 e. The fourth-order valence-corrected chi connectivity index (χ4v) is 3.15. The van der Waals surface area contributed by atoms with Crippen molar-refractivity contribution in [3.8, 4) is 0 Å². The Labute approximate surface area is 130 Å². The average molecular weight is 298 g/mol. The van der Waals surface area contributed by atoms with E-state index < -0.39 is 0 Å². The molecule has 4 nitrogen and oxygen atoms in total. The van der Waals surface area contributed by atoms with Crippen molar-refractivity contribution in [1.82, 2.24) is 10.2 Å². The lowest BCUT2D eigenvalue weighted by Crippen LogP contribution is -2.47. The minimum atomic E-state index is 0.136. The summed E-state index contributed by atoms with van der Waals surface area (Å²) in [6.07, 6.45) is 7.74. The molecular weight excluding hydrogens is 264 g/mol. The molecule has 1 aliphatic heterocycles. The molecule has 0 aromatic rings. The van der Waals surface area contributed by atoms with E-state index >= 15 is 0 Å². The standard InChI is InChI=1S/C17H34N2O2/c1-14(2)7-6-8-15(3)18-17(21)13-19-11-5-4-9-16(19)10-12-20/h14-16,20H,4-13H2,1-3H3,(H,18,21). The van der Waals surface area contributed by atoms with Crippen LogP contribution >= 0.6 is 0 Å². The normalized spacial score (nSPS) is 21.5. The lowest BCUT2D eigenvalue weighted by atomic mass is 9.99. The van der Waals surface area contributed by atoms with Crippen molar-refractivity contribution in [3.63, 3.8) is 0 Å². The van der Waals surface area contributed by atoms with Crippen LogP contribution in [0.4, 0.5) is 0 Å². The summed E-state index contributed by atoms with van der Waals surface area (Å²) in [5.41, 5.74) is 0. The fraction of sp³-hybridized carbons (Fsp3) is 0.941. The van der Waals surface area contributed by atoms with Gasteiger partial charge in [-0.3, -0.25) is 9.69 Å². The lowest BCUT2D eigenvalue weighted by Gasteiger charge is -2.35. The Morgan fingerprint density at radius 1 is 1.29 bits per heavy atom. The number of amides is 1. The van der Waals surface area contributed by atoms with Crippen molar-refractivity contribution < 1.29 is 9.90 Å². The summed E-state index contributed by atoms with van der Waals surface area (Å²) in [5, 5.41) is 12.3. The molecule has 1 aliphatic rings. The Kier molecular flexibility index (Phi) is 8.93. The molecule has 1 fully saturated rings. The first-order valence-electron chi connectivity index (χ1n) is 8.67. The third kappa shape index (κ3) is 7.82. The van der Waals surface area contributed by atoms with E-state index in [1.165, 1.54) is 25.7 Å². The highest BCUT2D eigenvalue weighted by Crippen LogP contribution is 2.19. The molecule has 21 heavy (non-hydrogen) atoms. The second-order valence-corrected chi connectivity index (χ2v) is 6.93. The van der Waals surface area contributed by atoms with Crippen LogP contribution in [0.1, 0.15) is 65.7 Å². The van der Waals surface area contributed by atoms with E-state index in [4.69, 9.17) is 5.11 Å². The predicted octanol–water partition coefficient (Wildman–Crippen LogP) is 2.55. The van der Waals surface area contributed by atoms with Crippen LogP contribution in [-0.4, -0.2) is 47.7 Å². The van der Waals surface area contributed by atoms with Gasteiger partial charge >= 0.3 is 0 Å². The zero-order chi connectivity index (χ0) is 15.7. The second kappa shape index (κ2) is 10.2. The molecule has 2 unspecified atom stereocenters. The maximum absolute atomic E-state index is 12.2. The van der Waals surface area contributed by atoms with Crippen molar-refractivity contribution in [3.05, 3.63) is 0 Å². The van der Waals surface area contributed by atoms with E-state index in [0.29, 0.717) is 12.6 Å². The summed E-state index contributed by atoms with van der Waals surface area (Å²) in [7, 11) is 0. The molecule has 2 N–H and O–H groups in total. The van der Waals surface area contributed by atoms with Gasteiger partial charge in [0, 0.05) is 18.7 Å². The van der Waals surface area contributed by atoms with Crippen molar-refractivity contribution in [1.29, 1.82) is 0 Å². The molecule has 0 aromatic carbocycles. The molecule has 1 amide bonds. The van der Waals surface area contributed by atoms with E-state index in [2.05, 4.69) is 31.0 Å². The summed E-state index contributed by atoms with van der Waals surface area (Å²) >= 11 is 0. The van der Waals surface area contributed by atoms with Gasteiger partial charge in [0.05, 0.1) is 6.54 Å². The molecule has 1 rings (SSSR count). The molecule has 4 heteroatoms. The first-order valence-corrected chi connectivity index (χ1v) is 8.67. The molecule has 0 aromatic heterocycles. The van der Waals surface area contributed by atoms with Crippen LogP contribution in [0.3, 0.4) is 0 Å². The van der Waals surface area contributed by atoms with Crippen molar-refractivity contribution >= 4 is 5.91 Å². The van der Waals surface area contributed by atoms with E-state index in [1.807, 2.05) is 0 Å². The van der Waals surface area contributed by atoms with Gasteiger partial charge in [-0.15, -0.1) is 0 Å². The van der Waals surface area contributed by atoms with Gasteiger partial charge in [-0.05, 0) is 45.1 Å². The Balaban J connectivity index is 2.27. The van der Waals surface area contributed by atoms with E-state index in [-0.39, 0.29) is 18.6 Å². The number of carbonyl (C=O) groups is 1. The number of carbonyl (C=O) groups excluding carboxylic acids is 1. The highest BCUT2D eigenvalue weighted by atomic mass is 16.3. The zero-order valence-corrected chi connectivity index (χ0v) is 14.1. The molecule has 0 bridgehead atoms. The number of likely N-dealkylation sites (tertiary alicyclic amines) is 1. The Morgan fingerprint density at radius 3 is 2.71 bits per heavy atom. The van der Waals surface area contributed by atoms with Crippen molar-refractivity contribution in [2.75, 3.05) is 19.7 Å². The van der Waals surface area contributed by atoms with Gasteiger partial charge < -0.3 is 10.4 Å². The lowest BCUT2D eigenvalue weighted by molar-refractivity contribution is -0.123. The number of nitrogens with one attached hydrogen (secondary N) is 1.